The summed E-state index contributed by atoms with van der Waals surface area (Å²) in [4.78, 5) is 23.8. The Hall–Kier alpha value is -2.27. The maximum absolute atomic E-state index is 13.2. The van der Waals surface area contributed by atoms with E-state index in [1.54, 1.807) is 12.4 Å². The molecule has 144 valence electrons. The Morgan fingerprint density at radius 2 is 1.74 bits per heavy atom. The number of hydrogen-bond acceptors (Lipinski definition) is 4. The Morgan fingerprint density at radius 1 is 1.11 bits per heavy atom. The monoisotopic (exact) mass is 367 g/mol. The van der Waals surface area contributed by atoms with Crippen LogP contribution in [0.2, 0.25) is 0 Å². The Kier molecular flexibility index (Phi) is 6.56. The second kappa shape index (κ2) is 9.09. The third kappa shape index (κ3) is 4.92. The largest absolute Gasteiger partial charge is 0.387 e. The van der Waals surface area contributed by atoms with E-state index in [-0.39, 0.29) is 17.9 Å². The zero-order valence-corrected chi connectivity index (χ0v) is 16.2. The third-order valence-electron chi connectivity index (χ3n) is 5.27. The first-order valence-electron chi connectivity index (χ1n) is 9.92. The van der Waals surface area contributed by atoms with Crippen molar-refractivity contribution in [1.82, 2.24) is 14.9 Å². The van der Waals surface area contributed by atoms with Gasteiger partial charge in [-0.1, -0.05) is 63.4 Å². The van der Waals surface area contributed by atoms with Crippen LogP contribution in [0, 0.1) is 0 Å². The molecule has 1 fully saturated rings. The van der Waals surface area contributed by atoms with E-state index in [1.807, 2.05) is 49.1 Å². The molecule has 1 atom stereocenters. The van der Waals surface area contributed by atoms with Crippen molar-refractivity contribution in [3.8, 4) is 0 Å². The van der Waals surface area contributed by atoms with E-state index in [2.05, 4.69) is 9.97 Å². The highest BCUT2D eigenvalue weighted by Gasteiger charge is 2.29. The van der Waals surface area contributed by atoms with Gasteiger partial charge in [0.25, 0.3) is 5.91 Å². The fourth-order valence-corrected chi connectivity index (χ4v) is 3.67. The molecule has 0 unspecified atom stereocenters. The lowest BCUT2D eigenvalue weighted by atomic mass is 9.93. The van der Waals surface area contributed by atoms with Crippen LogP contribution in [0.25, 0.3) is 0 Å². The second-order valence-electron chi connectivity index (χ2n) is 7.66. The molecule has 5 heteroatoms. The first-order chi connectivity index (χ1) is 13.1. The van der Waals surface area contributed by atoms with Gasteiger partial charge < -0.3 is 10.0 Å². The summed E-state index contributed by atoms with van der Waals surface area (Å²) in [5.74, 6) is 0.871. The lowest BCUT2D eigenvalue weighted by Gasteiger charge is -2.35. The van der Waals surface area contributed by atoms with Crippen LogP contribution < -0.4 is 0 Å². The number of nitrogens with zero attached hydrogens (tertiary/aromatic N) is 3. The minimum Gasteiger partial charge on any atom is -0.387 e. The summed E-state index contributed by atoms with van der Waals surface area (Å²) < 4.78 is 0. The Bertz CT molecular complexity index is 725. The van der Waals surface area contributed by atoms with Gasteiger partial charge in [-0.3, -0.25) is 4.79 Å². The minimum absolute atomic E-state index is 0.0906. The van der Waals surface area contributed by atoms with E-state index in [0.717, 1.165) is 37.1 Å². The molecular formula is C22H29N3O2. The van der Waals surface area contributed by atoms with E-state index < -0.39 is 6.10 Å². The van der Waals surface area contributed by atoms with Crippen LogP contribution >= 0.6 is 0 Å². The number of benzene rings is 1. The number of rotatable bonds is 6. The van der Waals surface area contributed by atoms with E-state index in [1.165, 1.54) is 6.42 Å². The number of aliphatic hydroxyl groups excluding tert-OH is 1. The Labute approximate surface area is 161 Å². The molecule has 27 heavy (non-hydrogen) atoms. The molecule has 1 aromatic heterocycles. The molecule has 1 aliphatic carbocycles. The lowest BCUT2D eigenvalue weighted by Crippen LogP contribution is -2.44. The van der Waals surface area contributed by atoms with Gasteiger partial charge in [-0.2, -0.15) is 0 Å². The molecule has 1 heterocycles. The second-order valence-corrected chi connectivity index (χ2v) is 7.66. The van der Waals surface area contributed by atoms with Gasteiger partial charge in [-0.25, -0.2) is 9.97 Å². The zero-order valence-electron chi connectivity index (χ0n) is 16.2. The van der Waals surface area contributed by atoms with Crippen molar-refractivity contribution in [3.63, 3.8) is 0 Å². The summed E-state index contributed by atoms with van der Waals surface area (Å²) in [7, 11) is 0. The normalized spacial score (nSPS) is 16.3. The van der Waals surface area contributed by atoms with Crippen LogP contribution in [0.1, 0.15) is 79.7 Å². The van der Waals surface area contributed by atoms with Gasteiger partial charge in [0.15, 0.2) is 0 Å². The summed E-state index contributed by atoms with van der Waals surface area (Å²) in [5.41, 5.74) is 1.32. The van der Waals surface area contributed by atoms with Crippen LogP contribution in [0.5, 0.6) is 0 Å². The molecule has 0 bridgehead atoms. The van der Waals surface area contributed by atoms with Gasteiger partial charge in [0, 0.05) is 24.4 Å². The smallest absolute Gasteiger partial charge is 0.257 e. The predicted molar refractivity (Wildman–Crippen MR) is 105 cm³/mol. The molecule has 0 radical (unpaired) electrons. The number of hydrogen-bond donors (Lipinski definition) is 1. The summed E-state index contributed by atoms with van der Waals surface area (Å²) in [6.45, 7) is 4.35. The molecule has 1 aliphatic rings. The summed E-state index contributed by atoms with van der Waals surface area (Å²) >= 11 is 0. The zero-order chi connectivity index (χ0) is 19.2. The molecule has 0 aliphatic heterocycles. The van der Waals surface area contributed by atoms with E-state index in [0.29, 0.717) is 12.1 Å². The number of carbonyl (C=O) groups excluding carboxylic acids is 1. The molecule has 5 nitrogen and oxygen atoms in total. The van der Waals surface area contributed by atoms with Crippen LogP contribution in [-0.4, -0.2) is 38.5 Å². The Balaban J connectivity index is 1.81. The van der Waals surface area contributed by atoms with Crippen LogP contribution in [0.15, 0.2) is 42.7 Å². The molecule has 0 spiro atoms. The van der Waals surface area contributed by atoms with Crippen LogP contribution in [0.4, 0.5) is 0 Å². The number of amides is 1. The predicted octanol–water partition coefficient (Wildman–Crippen LogP) is 4.11. The van der Waals surface area contributed by atoms with Gasteiger partial charge in [0.1, 0.15) is 5.82 Å². The van der Waals surface area contributed by atoms with Crippen molar-refractivity contribution < 1.29 is 9.90 Å². The van der Waals surface area contributed by atoms with Crippen LogP contribution in [0.3, 0.4) is 0 Å². The third-order valence-corrected chi connectivity index (χ3v) is 5.27. The van der Waals surface area contributed by atoms with Crippen LogP contribution in [-0.2, 0) is 0 Å². The number of aromatic nitrogens is 2. The minimum atomic E-state index is -0.701. The average Bonchev–Trinajstić information content (AvgIpc) is 2.72. The van der Waals surface area contributed by atoms with E-state index in [4.69, 9.17) is 0 Å². The standard InChI is InChI=1S/C22H29N3O2/c1-16(2)21-23-13-18(14-24-21)22(27)25(19-11-7-4-8-12-19)15-20(26)17-9-5-3-6-10-17/h3,5-6,9-10,13-14,16,19-20,26H,4,7-8,11-12,15H2,1-2H3/t20-/m0/s1. The first-order valence-corrected chi connectivity index (χ1v) is 9.92. The highest BCUT2D eigenvalue weighted by atomic mass is 16.3. The van der Waals surface area contributed by atoms with E-state index >= 15 is 0 Å². The molecule has 2 aromatic rings. The summed E-state index contributed by atoms with van der Waals surface area (Å²) in [6, 6.07) is 9.69. The van der Waals surface area contributed by atoms with Crippen molar-refractivity contribution >= 4 is 5.91 Å². The van der Waals surface area contributed by atoms with Crippen molar-refractivity contribution in [2.45, 2.75) is 64.0 Å². The topological polar surface area (TPSA) is 66.3 Å². The quantitative estimate of drug-likeness (QED) is 0.834. The molecule has 1 aromatic carbocycles. The fourth-order valence-electron chi connectivity index (χ4n) is 3.67. The maximum Gasteiger partial charge on any atom is 0.257 e. The Morgan fingerprint density at radius 3 is 2.33 bits per heavy atom. The highest BCUT2D eigenvalue weighted by Crippen LogP contribution is 2.26. The van der Waals surface area contributed by atoms with Crippen molar-refractivity contribution in [2.75, 3.05) is 6.54 Å². The van der Waals surface area contributed by atoms with Crippen molar-refractivity contribution in [1.29, 1.82) is 0 Å². The van der Waals surface area contributed by atoms with E-state index in [9.17, 15) is 9.90 Å². The maximum atomic E-state index is 13.2. The lowest BCUT2D eigenvalue weighted by molar-refractivity contribution is 0.0453. The van der Waals surface area contributed by atoms with Gasteiger partial charge >= 0.3 is 0 Å². The molecule has 3 rings (SSSR count). The van der Waals surface area contributed by atoms with Gasteiger partial charge in [0.2, 0.25) is 0 Å². The first kappa shape index (κ1) is 19.5. The fraction of sp³-hybridized carbons (Fsp3) is 0.500. The number of aliphatic hydroxyl groups is 1. The van der Waals surface area contributed by atoms with Gasteiger partial charge in [-0.05, 0) is 18.4 Å². The number of carbonyl (C=O) groups is 1. The summed E-state index contributed by atoms with van der Waals surface area (Å²) in [5, 5.41) is 10.7. The SMILES string of the molecule is CC(C)c1ncc(C(=O)N(C[C@H](O)c2ccccc2)C2CCCCC2)cn1. The van der Waals surface area contributed by atoms with Gasteiger partial charge in [-0.15, -0.1) is 0 Å². The van der Waals surface area contributed by atoms with Crippen molar-refractivity contribution in [3.05, 3.63) is 59.7 Å². The van der Waals surface area contributed by atoms with Gasteiger partial charge in [0.05, 0.1) is 18.2 Å². The highest BCUT2D eigenvalue weighted by molar-refractivity contribution is 5.93. The molecule has 1 N–H and O–H groups in total. The summed E-state index contributed by atoms with van der Waals surface area (Å²) in [6.07, 6.45) is 7.97. The molecular weight excluding hydrogens is 338 g/mol. The van der Waals surface area contributed by atoms with Crippen molar-refractivity contribution in [2.24, 2.45) is 0 Å². The molecule has 1 saturated carbocycles. The average molecular weight is 367 g/mol. The molecule has 0 saturated heterocycles. The molecule has 1 amide bonds.